The SMILES string of the molecule is N#Cc1ccc2c(c1)C1(c3ccccc3Sc3ccccc31)c1cc(-c3c4ccccc4c(-c4ccccc4)c4ccccc34)ccc1-2. The van der Waals surface area contributed by atoms with E-state index in [-0.39, 0.29) is 0 Å². The van der Waals surface area contributed by atoms with Crippen LogP contribution in [0.3, 0.4) is 0 Å². The van der Waals surface area contributed by atoms with Crippen molar-refractivity contribution in [1.29, 1.82) is 5.26 Å². The van der Waals surface area contributed by atoms with Crippen LogP contribution in [0, 0.1) is 11.3 Å². The third-order valence-corrected chi connectivity index (χ3v) is 11.5. The lowest BCUT2D eigenvalue weighted by atomic mass is 9.67. The molecule has 1 aliphatic heterocycles. The van der Waals surface area contributed by atoms with Crippen molar-refractivity contribution < 1.29 is 0 Å². The lowest BCUT2D eigenvalue weighted by Crippen LogP contribution is -2.32. The summed E-state index contributed by atoms with van der Waals surface area (Å²) in [6.07, 6.45) is 0. The molecule has 0 saturated heterocycles. The first-order valence-electron chi connectivity index (χ1n) is 16.3. The van der Waals surface area contributed by atoms with Gasteiger partial charge in [0.05, 0.1) is 17.0 Å². The van der Waals surface area contributed by atoms with Crippen LogP contribution in [0.5, 0.6) is 0 Å². The summed E-state index contributed by atoms with van der Waals surface area (Å²) < 4.78 is 0. The van der Waals surface area contributed by atoms with Gasteiger partial charge >= 0.3 is 0 Å². The molecular weight excluding hydrogens is 599 g/mol. The van der Waals surface area contributed by atoms with Crippen LogP contribution in [0.2, 0.25) is 0 Å². The average Bonchev–Trinajstić information content (AvgIpc) is 3.43. The van der Waals surface area contributed by atoms with Crippen molar-refractivity contribution in [2.24, 2.45) is 0 Å². The van der Waals surface area contributed by atoms with E-state index in [4.69, 9.17) is 0 Å². The summed E-state index contributed by atoms with van der Waals surface area (Å²) in [5.74, 6) is 0. The molecule has 222 valence electrons. The zero-order valence-corrected chi connectivity index (χ0v) is 26.8. The molecule has 1 spiro atoms. The molecule has 1 heterocycles. The highest BCUT2D eigenvalue weighted by atomic mass is 32.2. The molecule has 10 rings (SSSR count). The van der Waals surface area contributed by atoms with Crippen molar-refractivity contribution in [2.45, 2.75) is 15.2 Å². The van der Waals surface area contributed by atoms with Gasteiger partial charge in [-0.3, -0.25) is 0 Å². The zero-order chi connectivity index (χ0) is 31.8. The number of nitrogens with zero attached hydrogens (tertiary/aromatic N) is 1. The van der Waals surface area contributed by atoms with Crippen LogP contribution >= 0.6 is 11.8 Å². The van der Waals surface area contributed by atoms with Gasteiger partial charge < -0.3 is 0 Å². The first-order valence-corrected chi connectivity index (χ1v) is 17.1. The van der Waals surface area contributed by atoms with E-state index in [0.29, 0.717) is 5.56 Å². The molecule has 1 aliphatic carbocycles. The molecule has 0 radical (unpaired) electrons. The number of nitriles is 1. The molecule has 0 saturated carbocycles. The van der Waals surface area contributed by atoms with Gasteiger partial charge in [-0.1, -0.05) is 145 Å². The van der Waals surface area contributed by atoms with E-state index < -0.39 is 5.41 Å². The highest BCUT2D eigenvalue weighted by Gasteiger charge is 2.50. The predicted octanol–water partition coefficient (Wildman–Crippen LogP) is 12.0. The maximum Gasteiger partial charge on any atom is 0.0991 e. The molecule has 8 aromatic carbocycles. The Morgan fingerprint density at radius 3 is 1.48 bits per heavy atom. The summed E-state index contributed by atoms with van der Waals surface area (Å²) in [5.41, 5.74) is 12.5. The molecule has 48 heavy (non-hydrogen) atoms. The molecule has 8 aromatic rings. The molecular formula is C46H27NS. The summed E-state index contributed by atoms with van der Waals surface area (Å²) in [6, 6.07) is 62.0. The van der Waals surface area contributed by atoms with Crippen LogP contribution < -0.4 is 0 Å². The van der Waals surface area contributed by atoms with Crippen LogP contribution in [0.15, 0.2) is 174 Å². The van der Waals surface area contributed by atoms with Crippen LogP contribution in [0.25, 0.3) is 54.9 Å². The van der Waals surface area contributed by atoms with Crippen molar-refractivity contribution in [2.75, 3.05) is 0 Å². The molecule has 0 atom stereocenters. The number of hydrogen-bond donors (Lipinski definition) is 0. The molecule has 0 N–H and O–H groups in total. The van der Waals surface area contributed by atoms with E-state index in [0.717, 1.165) is 0 Å². The highest BCUT2D eigenvalue weighted by molar-refractivity contribution is 7.99. The quantitative estimate of drug-likeness (QED) is 0.179. The molecule has 1 nitrogen and oxygen atoms in total. The van der Waals surface area contributed by atoms with E-state index in [1.807, 2.05) is 17.8 Å². The first kappa shape index (κ1) is 27.3. The van der Waals surface area contributed by atoms with E-state index in [1.54, 1.807) is 0 Å². The average molecular weight is 626 g/mol. The van der Waals surface area contributed by atoms with Crippen molar-refractivity contribution in [3.63, 3.8) is 0 Å². The van der Waals surface area contributed by atoms with Crippen molar-refractivity contribution in [3.8, 4) is 39.4 Å². The van der Waals surface area contributed by atoms with E-state index in [2.05, 4.69) is 164 Å². The maximum atomic E-state index is 10.1. The lowest BCUT2D eigenvalue weighted by molar-refractivity contribution is 0.722. The van der Waals surface area contributed by atoms with Crippen molar-refractivity contribution >= 4 is 33.3 Å². The van der Waals surface area contributed by atoms with Gasteiger partial charge in [-0.25, -0.2) is 0 Å². The molecule has 0 aromatic heterocycles. The van der Waals surface area contributed by atoms with Gasteiger partial charge in [-0.05, 0) is 108 Å². The molecule has 0 amide bonds. The minimum atomic E-state index is -0.554. The fraction of sp³-hybridized carbons (Fsp3) is 0.0217. The normalized spacial score (nSPS) is 13.5. The third kappa shape index (κ3) is 3.63. The van der Waals surface area contributed by atoms with Gasteiger partial charge in [0.2, 0.25) is 0 Å². The number of hydrogen-bond acceptors (Lipinski definition) is 2. The topological polar surface area (TPSA) is 23.8 Å². The monoisotopic (exact) mass is 625 g/mol. The van der Waals surface area contributed by atoms with E-state index in [1.165, 1.54) is 87.0 Å². The summed E-state index contributed by atoms with van der Waals surface area (Å²) in [4.78, 5) is 2.51. The van der Waals surface area contributed by atoms with Gasteiger partial charge in [-0.15, -0.1) is 0 Å². The molecule has 0 fully saturated rings. The van der Waals surface area contributed by atoms with E-state index >= 15 is 0 Å². The number of rotatable bonds is 2. The fourth-order valence-electron chi connectivity index (χ4n) is 8.48. The van der Waals surface area contributed by atoms with Gasteiger partial charge in [0.1, 0.15) is 0 Å². The first-order chi connectivity index (χ1) is 23.8. The van der Waals surface area contributed by atoms with Gasteiger partial charge in [0.25, 0.3) is 0 Å². The summed E-state index contributed by atoms with van der Waals surface area (Å²) in [7, 11) is 0. The minimum absolute atomic E-state index is 0.554. The van der Waals surface area contributed by atoms with Crippen LogP contribution in [-0.4, -0.2) is 0 Å². The van der Waals surface area contributed by atoms with Gasteiger partial charge in [-0.2, -0.15) is 5.26 Å². The minimum Gasteiger partial charge on any atom is -0.192 e. The zero-order valence-electron chi connectivity index (χ0n) is 25.9. The molecule has 0 unspecified atom stereocenters. The van der Waals surface area contributed by atoms with Crippen LogP contribution in [-0.2, 0) is 5.41 Å². The summed E-state index contributed by atoms with van der Waals surface area (Å²) >= 11 is 1.84. The third-order valence-electron chi connectivity index (χ3n) is 10.4. The van der Waals surface area contributed by atoms with E-state index in [9.17, 15) is 5.26 Å². The Morgan fingerprint density at radius 1 is 0.417 bits per heavy atom. The Labute approximate surface area is 283 Å². The summed E-state index contributed by atoms with van der Waals surface area (Å²) in [5, 5.41) is 15.1. The Hall–Kier alpha value is -5.88. The Morgan fingerprint density at radius 2 is 0.896 bits per heavy atom. The largest absolute Gasteiger partial charge is 0.192 e. The molecule has 2 heteroatoms. The van der Waals surface area contributed by atoms with Crippen molar-refractivity contribution in [1.82, 2.24) is 0 Å². The smallest absolute Gasteiger partial charge is 0.0991 e. The fourth-order valence-corrected chi connectivity index (χ4v) is 9.67. The number of benzene rings is 8. The molecule has 2 aliphatic rings. The molecule has 0 bridgehead atoms. The second-order valence-electron chi connectivity index (χ2n) is 12.7. The standard InChI is InChI=1S/C46H27NS/c47-28-29-22-24-32-33-25-23-31(27-41(33)46(40(32)26-29)38-18-8-10-20-42(38)48-43-21-11-9-19-39(43)46)45-36-16-6-4-14-34(36)44(30-12-2-1-3-13-30)35-15-5-7-17-37(35)45/h1-27H. The van der Waals surface area contributed by atoms with Crippen molar-refractivity contribution in [3.05, 3.63) is 192 Å². The predicted molar refractivity (Wildman–Crippen MR) is 198 cm³/mol. The highest BCUT2D eigenvalue weighted by Crippen LogP contribution is 2.62. The lowest BCUT2D eigenvalue weighted by Gasteiger charge is -2.39. The summed E-state index contributed by atoms with van der Waals surface area (Å²) in [6.45, 7) is 0. The Bertz CT molecular complexity index is 2560. The van der Waals surface area contributed by atoms with Crippen LogP contribution in [0.1, 0.15) is 27.8 Å². The van der Waals surface area contributed by atoms with Gasteiger partial charge in [0, 0.05) is 9.79 Å². The van der Waals surface area contributed by atoms with Crippen LogP contribution in [0.4, 0.5) is 0 Å². The second kappa shape index (κ2) is 10.3. The Kier molecular flexibility index (Phi) is 5.85. The second-order valence-corrected chi connectivity index (χ2v) is 13.8. The van der Waals surface area contributed by atoms with Gasteiger partial charge in [0.15, 0.2) is 0 Å². The maximum absolute atomic E-state index is 10.1. The Balaban J connectivity index is 1.34. The number of fused-ring (bicyclic) bond motifs is 11.